The Kier molecular flexibility index (Phi) is 3.23. The highest BCUT2D eigenvalue weighted by Gasteiger charge is 2.21. The molecule has 0 spiro atoms. The minimum Gasteiger partial charge on any atom is -0.320 e. The molecule has 0 saturated carbocycles. The molecule has 1 aliphatic carbocycles. The van der Waals surface area contributed by atoms with Gasteiger partial charge in [0.1, 0.15) is 0 Å². The molecular weight excluding hydrogens is 250 g/mol. The molecule has 0 amide bonds. The van der Waals surface area contributed by atoms with Gasteiger partial charge in [-0.05, 0) is 68.4 Å². The molecule has 0 fully saturated rings. The molecule has 0 bridgehead atoms. The first-order valence-corrected chi connectivity index (χ1v) is 7.82. The molecule has 3 rings (SSSR count). The van der Waals surface area contributed by atoms with Crippen LogP contribution in [0, 0.1) is 20.8 Å². The van der Waals surface area contributed by atoms with E-state index < -0.39 is 0 Å². The first kappa shape index (κ1) is 12.9. The van der Waals surface area contributed by atoms with Gasteiger partial charge in [-0.25, -0.2) is 0 Å². The summed E-state index contributed by atoms with van der Waals surface area (Å²) in [6.07, 6.45) is 3.81. The molecule has 2 heteroatoms. The van der Waals surface area contributed by atoms with Crippen molar-refractivity contribution in [2.24, 2.45) is 5.73 Å². The molecule has 19 heavy (non-hydrogen) atoms. The van der Waals surface area contributed by atoms with Crippen LogP contribution in [0.25, 0.3) is 0 Å². The van der Waals surface area contributed by atoms with Gasteiger partial charge >= 0.3 is 0 Å². The Morgan fingerprint density at radius 2 is 1.74 bits per heavy atom. The van der Waals surface area contributed by atoms with E-state index in [0.29, 0.717) is 0 Å². The SMILES string of the molecule is Cc1cc(C)c(C(N)c2cc3c(s2)CCC3)c(C)c1. The van der Waals surface area contributed by atoms with Crippen molar-refractivity contribution in [1.29, 1.82) is 0 Å². The lowest BCUT2D eigenvalue weighted by atomic mass is 9.93. The zero-order chi connectivity index (χ0) is 13.6. The molecule has 1 heterocycles. The minimum atomic E-state index is 0.0381. The highest BCUT2D eigenvalue weighted by atomic mass is 32.1. The molecule has 1 aliphatic rings. The quantitative estimate of drug-likeness (QED) is 0.870. The molecule has 0 saturated heterocycles. The van der Waals surface area contributed by atoms with Crippen LogP contribution in [0.5, 0.6) is 0 Å². The van der Waals surface area contributed by atoms with E-state index in [1.165, 1.54) is 52.0 Å². The van der Waals surface area contributed by atoms with Gasteiger partial charge in [0.15, 0.2) is 0 Å². The van der Waals surface area contributed by atoms with Gasteiger partial charge < -0.3 is 5.73 Å². The van der Waals surface area contributed by atoms with E-state index in [1.54, 1.807) is 4.88 Å². The Hall–Kier alpha value is -1.12. The molecular formula is C17H21NS. The van der Waals surface area contributed by atoms with E-state index >= 15 is 0 Å². The number of nitrogens with two attached hydrogens (primary N) is 1. The molecule has 0 radical (unpaired) electrons. The van der Waals surface area contributed by atoms with Crippen LogP contribution in [-0.4, -0.2) is 0 Å². The van der Waals surface area contributed by atoms with Gasteiger partial charge in [-0.2, -0.15) is 0 Å². The first-order chi connectivity index (χ1) is 9.06. The third-order valence-electron chi connectivity index (χ3n) is 4.12. The summed E-state index contributed by atoms with van der Waals surface area (Å²) in [5, 5.41) is 0. The van der Waals surface area contributed by atoms with Gasteiger partial charge in [0.2, 0.25) is 0 Å². The Labute approximate surface area is 119 Å². The number of hydrogen-bond donors (Lipinski definition) is 1. The van der Waals surface area contributed by atoms with Crippen molar-refractivity contribution in [3.05, 3.63) is 55.8 Å². The number of hydrogen-bond acceptors (Lipinski definition) is 2. The lowest BCUT2D eigenvalue weighted by Crippen LogP contribution is -2.13. The Balaban J connectivity index is 2.01. The second-order valence-electron chi connectivity index (χ2n) is 5.74. The predicted octanol–water partition coefficient (Wildman–Crippen LogP) is 4.21. The topological polar surface area (TPSA) is 26.0 Å². The Bertz CT molecular complexity index is 580. The van der Waals surface area contributed by atoms with Crippen molar-refractivity contribution in [1.82, 2.24) is 0 Å². The monoisotopic (exact) mass is 271 g/mol. The molecule has 2 N–H and O–H groups in total. The number of thiophene rings is 1. The van der Waals surface area contributed by atoms with E-state index in [-0.39, 0.29) is 6.04 Å². The summed E-state index contributed by atoms with van der Waals surface area (Å²) in [7, 11) is 0. The lowest BCUT2D eigenvalue weighted by molar-refractivity contribution is 0.863. The van der Waals surface area contributed by atoms with Crippen molar-refractivity contribution in [3.8, 4) is 0 Å². The van der Waals surface area contributed by atoms with E-state index in [9.17, 15) is 0 Å². The summed E-state index contributed by atoms with van der Waals surface area (Å²) < 4.78 is 0. The highest BCUT2D eigenvalue weighted by molar-refractivity contribution is 7.12. The van der Waals surface area contributed by atoms with Crippen LogP contribution in [0.1, 0.15) is 50.0 Å². The van der Waals surface area contributed by atoms with E-state index in [1.807, 2.05) is 11.3 Å². The van der Waals surface area contributed by atoms with E-state index in [2.05, 4.69) is 39.0 Å². The van der Waals surface area contributed by atoms with Crippen LogP contribution in [-0.2, 0) is 12.8 Å². The zero-order valence-corrected chi connectivity index (χ0v) is 12.7. The average Bonchev–Trinajstić information content (AvgIpc) is 2.86. The summed E-state index contributed by atoms with van der Waals surface area (Å²) in [6, 6.07) is 6.86. The zero-order valence-electron chi connectivity index (χ0n) is 11.9. The number of fused-ring (bicyclic) bond motifs is 1. The van der Waals surface area contributed by atoms with Crippen molar-refractivity contribution < 1.29 is 0 Å². The molecule has 1 nitrogen and oxygen atoms in total. The smallest absolute Gasteiger partial charge is 0.0651 e. The summed E-state index contributed by atoms with van der Waals surface area (Å²) in [5.41, 5.74) is 13.3. The highest BCUT2D eigenvalue weighted by Crippen LogP contribution is 2.36. The number of aryl methyl sites for hydroxylation is 5. The fourth-order valence-corrected chi connectivity index (χ4v) is 4.60. The fraction of sp³-hybridized carbons (Fsp3) is 0.412. The Morgan fingerprint density at radius 3 is 2.37 bits per heavy atom. The third kappa shape index (κ3) is 2.24. The largest absolute Gasteiger partial charge is 0.320 e. The maximum absolute atomic E-state index is 6.54. The molecule has 1 aromatic carbocycles. The van der Waals surface area contributed by atoms with Crippen LogP contribution >= 0.6 is 11.3 Å². The predicted molar refractivity (Wildman–Crippen MR) is 83.0 cm³/mol. The van der Waals surface area contributed by atoms with Crippen molar-refractivity contribution in [3.63, 3.8) is 0 Å². The molecule has 2 aromatic rings. The second-order valence-corrected chi connectivity index (χ2v) is 6.91. The molecule has 100 valence electrons. The number of benzene rings is 1. The van der Waals surface area contributed by atoms with E-state index in [0.717, 1.165) is 0 Å². The van der Waals surface area contributed by atoms with Crippen LogP contribution in [0.3, 0.4) is 0 Å². The Morgan fingerprint density at radius 1 is 1.05 bits per heavy atom. The van der Waals surface area contributed by atoms with Gasteiger partial charge in [0, 0.05) is 9.75 Å². The average molecular weight is 271 g/mol. The molecule has 0 aliphatic heterocycles. The van der Waals surface area contributed by atoms with Crippen molar-refractivity contribution in [2.45, 2.75) is 46.1 Å². The fourth-order valence-electron chi connectivity index (χ4n) is 3.33. The van der Waals surface area contributed by atoms with Gasteiger partial charge in [-0.3, -0.25) is 0 Å². The van der Waals surface area contributed by atoms with Gasteiger partial charge in [0.25, 0.3) is 0 Å². The molecule has 1 unspecified atom stereocenters. The first-order valence-electron chi connectivity index (χ1n) is 7.01. The standard InChI is InChI=1S/C17H21NS/c1-10-7-11(2)16(12(3)8-10)17(18)15-9-13-5-4-6-14(13)19-15/h7-9,17H,4-6,18H2,1-3H3. The molecule has 1 aromatic heterocycles. The van der Waals surface area contributed by atoms with Crippen LogP contribution < -0.4 is 5.73 Å². The maximum atomic E-state index is 6.54. The van der Waals surface area contributed by atoms with E-state index in [4.69, 9.17) is 5.73 Å². The third-order valence-corrected chi connectivity index (χ3v) is 5.44. The second kappa shape index (κ2) is 4.77. The van der Waals surface area contributed by atoms with Crippen LogP contribution in [0.2, 0.25) is 0 Å². The van der Waals surface area contributed by atoms with Crippen LogP contribution in [0.15, 0.2) is 18.2 Å². The summed E-state index contributed by atoms with van der Waals surface area (Å²) in [6.45, 7) is 6.50. The lowest BCUT2D eigenvalue weighted by Gasteiger charge is -2.17. The van der Waals surface area contributed by atoms with Gasteiger partial charge in [-0.15, -0.1) is 11.3 Å². The number of rotatable bonds is 2. The summed E-state index contributed by atoms with van der Waals surface area (Å²) >= 11 is 1.92. The summed E-state index contributed by atoms with van der Waals surface area (Å²) in [4.78, 5) is 2.90. The van der Waals surface area contributed by atoms with Gasteiger partial charge in [-0.1, -0.05) is 17.7 Å². The minimum absolute atomic E-state index is 0.0381. The summed E-state index contributed by atoms with van der Waals surface area (Å²) in [5.74, 6) is 0. The van der Waals surface area contributed by atoms with Gasteiger partial charge in [0.05, 0.1) is 6.04 Å². The van der Waals surface area contributed by atoms with Crippen molar-refractivity contribution >= 4 is 11.3 Å². The maximum Gasteiger partial charge on any atom is 0.0651 e. The van der Waals surface area contributed by atoms with Crippen molar-refractivity contribution in [2.75, 3.05) is 0 Å². The van der Waals surface area contributed by atoms with Crippen LogP contribution in [0.4, 0.5) is 0 Å². The normalized spacial score (nSPS) is 15.6. The molecule has 1 atom stereocenters.